The third kappa shape index (κ3) is 3.16. The van der Waals surface area contributed by atoms with Crippen LogP contribution in [-0.2, 0) is 21.7 Å². The first-order chi connectivity index (χ1) is 12.1. The lowest BCUT2D eigenvalue weighted by atomic mass is 9.71. The van der Waals surface area contributed by atoms with E-state index in [1.54, 1.807) is 5.56 Å². The van der Waals surface area contributed by atoms with Crippen LogP contribution in [0.25, 0.3) is 11.1 Å². The molecule has 3 rings (SSSR count). The third-order valence-electron chi connectivity index (χ3n) is 6.27. The van der Waals surface area contributed by atoms with Crippen LogP contribution >= 0.6 is 0 Å². The average molecular weight is 363 g/mol. The Morgan fingerprint density at radius 2 is 1.15 bits per heavy atom. The molecule has 0 bridgehead atoms. The van der Waals surface area contributed by atoms with Crippen molar-refractivity contribution < 1.29 is 0 Å². The Hall–Kier alpha value is -1.56. The van der Waals surface area contributed by atoms with Crippen LogP contribution in [0.15, 0.2) is 30.3 Å². The van der Waals surface area contributed by atoms with E-state index in [0.29, 0.717) is 0 Å². The van der Waals surface area contributed by atoms with Gasteiger partial charge in [0.25, 0.3) is 0 Å². The van der Waals surface area contributed by atoms with Gasteiger partial charge in [0.2, 0.25) is 0 Å². The number of hydrogen-bond donors (Lipinski definition) is 0. The second-order valence-electron chi connectivity index (χ2n) is 12.0. The molecule has 0 nitrogen and oxygen atoms in total. The van der Waals surface area contributed by atoms with Crippen LogP contribution < -0.4 is 0 Å². The predicted octanol–water partition coefficient (Wildman–Crippen LogP) is 7.89. The molecule has 0 saturated heterocycles. The van der Waals surface area contributed by atoms with Gasteiger partial charge in [0, 0.05) is 5.41 Å². The average Bonchev–Trinajstić information content (AvgIpc) is 2.72. The summed E-state index contributed by atoms with van der Waals surface area (Å²) in [4.78, 5) is 0. The number of fused-ring (bicyclic) bond motifs is 3. The lowest BCUT2D eigenvalue weighted by Gasteiger charge is -2.33. The Morgan fingerprint density at radius 1 is 0.630 bits per heavy atom. The SMILES string of the molecule is CC(C)(C)c1ccc2c(c1)-c1c(C(C)(C)C)ccc(C(C)(C)C)c1C2(C)C. The normalized spacial score (nSPS) is 16.3. The van der Waals surface area contributed by atoms with Crippen molar-refractivity contribution in [2.24, 2.45) is 0 Å². The van der Waals surface area contributed by atoms with Crippen LogP contribution in [0.5, 0.6) is 0 Å². The second kappa shape index (κ2) is 5.72. The van der Waals surface area contributed by atoms with Gasteiger partial charge in [-0.15, -0.1) is 0 Å². The molecule has 2 aromatic carbocycles. The predicted molar refractivity (Wildman–Crippen MR) is 120 cm³/mol. The fourth-order valence-corrected chi connectivity index (χ4v) is 4.68. The first-order valence-corrected chi connectivity index (χ1v) is 10.4. The van der Waals surface area contributed by atoms with E-state index >= 15 is 0 Å². The lowest BCUT2D eigenvalue weighted by molar-refractivity contribution is 0.550. The molecule has 27 heavy (non-hydrogen) atoms. The van der Waals surface area contributed by atoms with Crippen molar-refractivity contribution in [2.45, 2.75) is 97.8 Å². The van der Waals surface area contributed by atoms with Gasteiger partial charge < -0.3 is 0 Å². The largest absolute Gasteiger partial charge is 0.0582 e. The molecule has 0 N–H and O–H groups in total. The van der Waals surface area contributed by atoms with Crippen molar-refractivity contribution in [3.8, 4) is 11.1 Å². The van der Waals surface area contributed by atoms with E-state index in [1.165, 1.54) is 33.4 Å². The molecule has 0 heterocycles. The third-order valence-corrected chi connectivity index (χ3v) is 6.27. The molecule has 0 radical (unpaired) electrons. The van der Waals surface area contributed by atoms with Gasteiger partial charge in [-0.3, -0.25) is 0 Å². The van der Waals surface area contributed by atoms with Crippen molar-refractivity contribution in [3.63, 3.8) is 0 Å². The van der Waals surface area contributed by atoms with Gasteiger partial charge in [-0.25, -0.2) is 0 Å². The number of benzene rings is 2. The summed E-state index contributed by atoms with van der Waals surface area (Å²) in [6.07, 6.45) is 0. The molecular formula is C27H38. The first kappa shape index (κ1) is 20.2. The molecule has 0 heteroatoms. The number of hydrogen-bond acceptors (Lipinski definition) is 0. The molecule has 0 saturated carbocycles. The van der Waals surface area contributed by atoms with Gasteiger partial charge in [0.05, 0.1) is 0 Å². The maximum atomic E-state index is 2.48. The fourth-order valence-electron chi connectivity index (χ4n) is 4.68. The molecule has 146 valence electrons. The quantitative estimate of drug-likeness (QED) is 0.447. The second-order valence-corrected chi connectivity index (χ2v) is 12.0. The highest BCUT2D eigenvalue weighted by atomic mass is 14.5. The zero-order valence-electron chi connectivity index (χ0n) is 19.4. The van der Waals surface area contributed by atoms with E-state index in [-0.39, 0.29) is 21.7 Å². The van der Waals surface area contributed by atoms with E-state index < -0.39 is 0 Å². The summed E-state index contributed by atoms with van der Waals surface area (Å²) in [5.41, 5.74) is 10.8. The maximum absolute atomic E-state index is 2.48. The van der Waals surface area contributed by atoms with Gasteiger partial charge in [-0.2, -0.15) is 0 Å². The van der Waals surface area contributed by atoms with E-state index in [4.69, 9.17) is 0 Å². The Balaban J connectivity index is 2.48. The molecule has 0 aromatic heterocycles. The summed E-state index contributed by atoms with van der Waals surface area (Å²) in [7, 11) is 0. The Bertz CT molecular complexity index is 887. The van der Waals surface area contributed by atoms with Crippen molar-refractivity contribution in [3.05, 3.63) is 58.1 Å². The van der Waals surface area contributed by atoms with Gasteiger partial charge in [-0.1, -0.05) is 106 Å². The molecular weight excluding hydrogens is 324 g/mol. The number of rotatable bonds is 0. The van der Waals surface area contributed by atoms with Crippen LogP contribution in [0, 0.1) is 0 Å². The maximum Gasteiger partial charge on any atom is 0.0161 e. The highest BCUT2D eigenvalue weighted by Crippen LogP contribution is 2.55. The van der Waals surface area contributed by atoms with Crippen LogP contribution in [-0.4, -0.2) is 0 Å². The molecule has 1 aliphatic rings. The standard InChI is InChI=1S/C27H38/c1-24(2,3)17-12-13-19-18(16-17)22-20(25(4,5)6)14-15-21(26(7,8)9)23(22)27(19,10)11/h12-16H,1-11H3. The summed E-state index contributed by atoms with van der Waals surface area (Å²) in [6, 6.07) is 12.0. The van der Waals surface area contributed by atoms with Crippen LogP contribution in [0.3, 0.4) is 0 Å². The zero-order chi connectivity index (χ0) is 20.6. The fraction of sp³-hybridized carbons (Fsp3) is 0.556. The Morgan fingerprint density at radius 3 is 1.63 bits per heavy atom. The molecule has 0 atom stereocenters. The first-order valence-electron chi connectivity index (χ1n) is 10.4. The van der Waals surface area contributed by atoms with E-state index in [0.717, 1.165) is 0 Å². The minimum atomic E-state index is 0.0327. The van der Waals surface area contributed by atoms with E-state index in [2.05, 4.69) is 106 Å². The molecule has 2 aromatic rings. The summed E-state index contributed by atoms with van der Waals surface area (Å²) >= 11 is 0. The Kier molecular flexibility index (Phi) is 4.28. The lowest BCUT2D eigenvalue weighted by Crippen LogP contribution is -2.24. The van der Waals surface area contributed by atoms with Gasteiger partial charge in [0.15, 0.2) is 0 Å². The smallest absolute Gasteiger partial charge is 0.0161 e. The molecule has 0 amide bonds. The summed E-state index contributed by atoms with van der Waals surface area (Å²) in [5, 5.41) is 0. The summed E-state index contributed by atoms with van der Waals surface area (Å²) in [6.45, 7) is 25.8. The zero-order valence-corrected chi connectivity index (χ0v) is 19.4. The monoisotopic (exact) mass is 362 g/mol. The minimum Gasteiger partial charge on any atom is -0.0582 e. The summed E-state index contributed by atoms with van der Waals surface area (Å²) < 4.78 is 0. The van der Waals surface area contributed by atoms with Crippen molar-refractivity contribution in [1.82, 2.24) is 0 Å². The minimum absolute atomic E-state index is 0.0327. The van der Waals surface area contributed by atoms with Gasteiger partial charge in [-0.05, 0) is 55.2 Å². The molecule has 0 spiro atoms. The van der Waals surface area contributed by atoms with Crippen LogP contribution in [0.2, 0.25) is 0 Å². The van der Waals surface area contributed by atoms with Crippen molar-refractivity contribution in [2.75, 3.05) is 0 Å². The van der Waals surface area contributed by atoms with Crippen molar-refractivity contribution in [1.29, 1.82) is 0 Å². The molecule has 0 fully saturated rings. The Labute approximate surface area is 167 Å². The topological polar surface area (TPSA) is 0 Å². The van der Waals surface area contributed by atoms with Crippen LogP contribution in [0.4, 0.5) is 0 Å². The summed E-state index contributed by atoms with van der Waals surface area (Å²) in [5.74, 6) is 0. The molecule has 0 aliphatic heterocycles. The van der Waals surface area contributed by atoms with E-state index in [1.807, 2.05) is 0 Å². The molecule has 0 unspecified atom stereocenters. The van der Waals surface area contributed by atoms with E-state index in [9.17, 15) is 0 Å². The molecule has 1 aliphatic carbocycles. The van der Waals surface area contributed by atoms with Gasteiger partial charge >= 0.3 is 0 Å². The highest BCUT2D eigenvalue weighted by Gasteiger charge is 2.42. The van der Waals surface area contributed by atoms with Gasteiger partial charge in [0.1, 0.15) is 0 Å². The van der Waals surface area contributed by atoms with Crippen molar-refractivity contribution >= 4 is 0 Å². The van der Waals surface area contributed by atoms with Crippen LogP contribution in [0.1, 0.15) is 104 Å². The highest BCUT2D eigenvalue weighted by molar-refractivity contribution is 5.86.